The molecule has 0 rings (SSSR count). The van der Waals surface area contributed by atoms with E-state index in [1.54, 1.807) is 0 Å². The molecule has 10 heavy (non-hydrogen) atoms. The molecular formula is C8H22HfN-5. The predicted molar refractivity (Wildman–Crippen MR) is 49.8 cm³/mol. The molecule has 68 valence electrons. The maximum absolute atomic E-state index is 6.60. The standard InChI is InChI=1S/C4H10N.4CH3.Hf/c1-2-3-4-5;;;;;/h5H,2-4H2,1H3;4*1H3;/q5*-1;. The van der Waals surface area contributed by atoms with Crippen LogP contribution >= 0.6 is 0 Å². The van der Waals surface area contributed by atoms with Gasteiger partial charge in [0, 0.05) is 25.8 Å². The van der Waals surface area contributed by atoms with Crippen LogP contribution in [0.5, 0.6) is 0 Å². The van der Waals surface area contributed by atoms with Crippen LogP contribution in [0.1, 0.15) is 19.8 Å². The van der Waals surface area contributed by atoms with Crippen LogP contribution in [0.2, 0.25) is 0 Å². The van der Waals surface area contributed by atoms with Gasteiger partial charge in [0.1, 0.15) is 0 Å². The van der Waals surface area contributed by atoms with Crippen molar-refractivity contribution in [2.75, 3.05) is 6.54 Å². The molecule has 0 aliphatic rings. The third-order valence-electron chi connectivity index (χ3n) is 0.530. The molecule has 0 aromatic carbocycles. The summed E-state index contributed by atoms with van der Waals surface area (Å²) >= 11 is 0. The Balaban J connectivity index is -0.00000000800. The summed E-state index contributed by atoms with van der Waals surface area (Å²) in [6, 6.07) is 0. The van der Waals surface area contributed by atoms with Crippen molar-refractivity contribution in [1.82, 2.24) is 0 Å². The molecule has 1 N–H and O–H groups in total. The molecule has 0 bridgehead atoms. The van der Waals surface area contributed by atoms with Crippen LogP contribution in [-0.2, 0) is 25.8 Å². The second-order valence-electron chi connectivity index (χ2n) is 1.10. The van der Waals surface area contributed by atoms with Crippen LogP contribution in [0.3, 0.4) is 0 Å². The Labute approximate surface area is 87.6 Å². The van der Waals surface area contributed by atoms with Crippen LogP contribution in [0.15, 0.2) is 0 Å². The molecule has 0 aromatic rings. The van der Waals surface area contributed by atoms with Crippen molar-refractivity contribution in [3.63, 3.8) is 0 Å². The minimum Gasteiger partial charge on any atom is -0.677 e. The Bertz CT molecular complexity index is 16.7. The minimum absolute atomic E-state index is 0. The van der Waals surface area contributed by atoms with Gasteiger partial charge in [-0.2, -0.15) is 6.54 Å². The van der Waals surface area contributed by atoms with Crippen molar-refractivity contribution in [3.05, 3.63) is 35.4 Å². The molecule has 0 saturated carbocycles. The van der Waals surface area contributed by atoms with Gasteiger partial charge in [-0.25, -0.2) is 0 Å². The van der Waals surface area contributed by atoms with E-state index in [1.807, 2.05) is 0 Å². The molecule has 2 heteroatoms. The zero-order valence-corrected chi connectivity index (χ0v) is 11.7. The van der Waals surface area contributed by atoms with Gasteiger partial charge in [0.15, 0.2) is 0 Å². The zero-order chi connectivity index (χ0) is 4.12. The quantitative estimate of drug-likeness (QED) is 0.549. The normalized spacial score (nSPS) is 4.20. The molecule has 0 heterocycles. The number of hydrogen-bond acceptors (Lipinski definition) is 0. The van der Waals surface area contributed by atoms with E-state index >= 15 is 0 Å². The number of rotatable bonds is 2. The van der Waals surface area contributed by atoms with E-state index in [4.69, 9.17) is 5.73 Å². The summed E-state index contributed by atoms with van der Waals surface area (Å²) in [5, 5.41) is 0. The first kappa shape index (κ1) is 44.9. The second-order valence-corrected chi connectivity index (χ2v) is 1.10. The minimum atomic E-state index is 0. The maximum Gasteiger partial charge on any atom is 0 e. The fraction of sp³-hybridized carbons (Fsp3) is 0.500. The molecular weight excluding hydrogens is 289 g/mol. The number of hydrogen-bond donors (Lipinski definition) is 0. The molecule has 1 nitrogen and oxygen atoms in total. The van der Waals surface area contributed by atoms with Crippen molar-refractivity contribution >= 4 is 0 Å². The molecule has 0 atom stereocenters. The van der Waals surface area contributed by atoms with E-state index < -0.39 is 0 Å². The monoisotopic (exact) mass is 312 g/mol. The van der Waals surface area contributed by atoms with Crippen molar-refractivity contribution in [1.29, 1.82) is 0 Å². The summed E-state index contributed by atoms with van der Waals surface area (Å²) in [6.45, 7) is 2.69. The molecule has 0 saturated heterocycles. The van der Waals surface area contributed by atoms with Gasteiger partial charge in [0.05, 0.1) is 0 Å². The summed E-state index contributed by atoms with van der Waals surface area (Å²) in [7, 11) is 0. The maximum atomic E-state index is 6.60. The first-order valence-electron chi connectivity index (χ1n) is 2.06. The van der Waals surface area contributed by atoms with Gasteiger partial charge in [-0.3, -0.25) is 0 Å². The van der Waals surface area contributed by atoms with E-state index in [2.05, 4.69) is 6.92 Å². The smallest absolute Gasteiger partial charge is 0 e. The van der Waals surface area contributed by atoms with Gasteiger partial charge in [-0.1, -0.05) is 19.8 Å². The largest absolute Gasteiger partial charge is 0.677 e. The predicted octanol–water partition coefficient (Wildman–Crippen LogP) is 3.64. The molecule has 0 fully saturated rings. The fourth-order valence-electron chi connectivity index (χ4n) is 0.177. The van der Waals surface area contributed by atoms with Crippen molar-refractivity contribution in [2.24, 2.45) is 0 Å². The van der Waals surface area contributed by atoms with Gasteiger partial charge in [-0.15, -0.1) is 0 Å². The van der Waals surface area contributed by atoms with Crippen LogP contribution < -0.4 is 0 Å². The third-order valence-corrected chi connectivity index (χ3v) is 0.530. The first-order chi connectivity index (χ1) is 2.41. The van der Waals surface area contributed by atoms with Crippen molar-refractivity contribution in [3.8, 4) is 0 Å². The van der Waals surface area contributed by atoms with E-state index in [9.17, 15) is 0 Å². The fourth-order valence-corrected chi connectivity index (χ4v) is 0.177. The SMILES string of the molecule is CCCC[NH-].[CH3-].[CH3-].[CH3-].[CH3-].[Hf]. The van der Waals surface area contributed by atoms with Crippen LogP contribution in [0.4, 0.5) is 0 Å². The Morgan fingerprint density at radius 1 is 1.00 bits per heavy atom. The molecule has 0 amide bonds. The summed E-state index contributed by atoms with van der Waals surface area (Å²) in [4.78, 5) is 0. The zero-order valence-electron chi connectivity index (χ0n) is 8.12. The summed E-state index contributed by atoms with van der Waals surface area (Å²) < 4.78 is 0. The Hall–Kier alpha value is 0.830. The van der Waals surface area contributed by atoms with Gasteiger partial charge in [0.25, 0.3) is 0 Å². The van der Waals surface area contributed by atoms with Gasteiger partial charge < -0.3 is 35.4 Å². The van der Waals surface area contributed by atoms with E-state index in [0.717, 1.165) is 12.8 Å². The average molecular weight is 311 g/mol. The van der Waals surface area contributed by atoms with Gasteiger partial charge in [0.2, 0.25) is 0 Å². The number of nitrogens with one attached hydrogen (secondary N) is 1. The van der Waals surface area contributed by atoms with Crippen molar-refractivity contribution in [2.45, 2.75) is 19.8 Å². The third kappa shape index (κ3) is 67.6. The topological polar surface area (TPSA) is 23.8 Å². The molecule has 0 aliphatic heterocycles. The van der Waals surface area contributed by atoms with E-state index in [1.165, 1.54) is 0 Å². The summed E-state index contributed by atoms with van der Waals surface area (Å²) in [5.41, 5.74) is 6.60. The Kier molecular flexibility index (Phi) is 234. The average Bonchev–Trinajstić information content (AvgIpc) is 1.41. The van der Waals surface area contributed by atoms with E-state index in [-0.39, 0.29) is 55.5 Å². The molecule has 0 radical (unpaired) electrons. The Morgan fingerprint density at radius 2 is 1.30 bits per heavy atom. The molecule has 0 spiro atoms. The van der Waals surface area contributed by atoms with E-state index in [0.29, 0.717) is 6.54 Å². The second kappa shape index (κ2) is 52.2. The van der Waals surface area contributed by atoms with Crippen LogP contribution in [0, 0.1) is 29.7 Å². The van der Waals surface area contributed by atoms with Crippen LogP contribution in [-0.4, -0.2) is 6.54 Å². The van der Waals surface area contributed by atoms with Crippen LogP contribution in [0.25, 0.3) is 5.73 Å². The molecule has 0 aliphatic carbocycles. The molecule has 0 unspecified atom stereocenters. The van der Waals surface area contributed by atoms with Crippen molar-refractivity contribution < 1.29 is 25.8 Å². The summed E-state index contributed by atoms with van der Waals surface area (Å²) in [5.74, 6) is 0. The van der Waals surface area contributed by atoms with Gasteiger partial charge >= 0.3 is 0 Å². The number of unbranched alkanes of at least 4 members (excludes halogenated alkanes) is 1. The summed E-state index contributed by atoms with van der Waals surface area (Å²) in [6.07, 6.45) is 2.21. The first-order valence-corrected chi connectivity index (χ1v) is 2.06. The molecule has 0 aromatic heterocycles. The van der Waals surface area contributed by atoms with Gasteiger partial charge in [-0.05, 0) is 0 Å². The Morgan fingerprint density at radius 3 is 1.30 bits per heavy atom.